The normalized spacial score (nSPS) is 20.5. The van der Waals surface area contributed by atoms with E-state index >= 15 is 0 Å². The molecular formula is C13H13N3O3. The molecule has 0 unspecified atom stereocenters. The Kier molecular flexibility index (Phi) is 2.47. The second kappa shape index (κ2) is 3.93. The van der Waals surface area contributed by atoms with Crippen molar-refractivity contribution in [2.75, 3.05) is 18.0 Å². The number of hydrogen-bond donors (Lipinski definition) is 1. The van der Waals surface area contributed by atoms with Crippen LogP contribution in [0.4, 0.5) is 11.4 Å². The fourth-order valence-corrected chi connectivity index (χ4v) is 2.67. The standard InChI is InChI=1S/C13H13N3O3/c14-6-9-5-11(16(18)19)3-4-12(9)15-7-13(17,8-15)10-1-2-10/h3-5,10,17H,1-2,7-8H2. The van der Waals surface area contributed by atoms with Crippen LogP contribution in [0.5, 0.6) is 0 Å². The molecule has 0 amide bonds. The van der Waals surface area contributed by atoms with E-state index in [0.29, 0.717) is 24.7 Å². The van der Waals surface area contributed by atoms with E-state index in [1.54, 1.807) is 6.07 Å². The Labute approximate surface area is 110 Å². The molecule has 0 aromatic heterocycles. The molecule has 1 aliphatic heterocycles. The lowest BCUT2D eigenvalue weighted by molar-refractivity contribution is -0.384. The molecule has 1 heterocycles. The van der Waals surface area contributed by atoms with Gasteiger partial charge in [-0.15, -0.1) is 0 Å². The van der Waals surface area contributed by atoms with Gasteiger partial charge in [-0.05, 0) is 24.8 Å². The number of rotatable bonds is 3. The van der Waals surface area contributed by atoms with Crippen molar-refractivity contribution in [3.05, 3.63) is 33.9 Å². The first kappa shape index (κ1) is 11.9. The molecule has 0 spiro atoms. The molecule has 0 atom stereocenters. The van der Waals surface area contributed by atoms with Gasteiger partial charge in [0.2, 0.25) is 0 Å². The first-order valence-corrected chi connectivity index (χ1v) is 6.19. The van der Waals surface area contributed by atoms with E-state index in [2.05, 4.69) is 0 Å². The van der Waals surface area contributed by atoms with Crippen LogP contribution in [0.15, 0.2) is 18.2 Å². The van der Waals surface area contributed by atoms with Crippen LogP contribution in [-0.2, 0) is 0 Å². The van der Waals surface area contributed by atoms with Crippen LogP contribution in [0.1, 0.15) is 18.4 Å². The van der Waals surface area contributed by atoms with Gasteiger partial charge in [0, 0.05) is 25.2 Å². The summed E-state index contributed by atoms with van der Waals surface area (Å²) in [5, 5.41) is 30.0. The van der Waals surface area contributed by atoms with Crippen molar-refractivity contribution in [3.8, 4) is 6.07 Å². The quantitative estimate of drug-likeness (QED) is 0.655. The molecule has 2 fully saturated rings. The number of aliphatic hydroxyl groups is 1. The molecule has 1 aliphatic carbocycles. The molecule has 6 nitrogen and oxygen atoms in total. The van der Waals surface area contributed by atoms with E-state index in [4.69, 9.17) is 5.26 Å². The number of nitrogens with zero attached hydrogens (tertiary/aromatic N) is 3. The summed E-state index contributed by atoms with van der Waals surface area (Å²) in [4.78, 5) is 12.1. The highest BCUT2D eigenvalue weighted by Gasteiger charge is 2.52. The van der Waals surface area contributed by atoms with Crippen molar-refractivity contribution < 1.29 is 10.0 Å². The molecule has 1 aromatic rings. The van der Waals surface area contributed by atoms with Crippen molar-refractivity contribution in [1.29, 1.82) is 5.26 Å². The first-order valence-electron chi connectivity index (χ1n) is 6.19. The van der Waals surface area contributed by atoms with Crippen LogP contribution < -0.4 is 4.90 Å². The average Bonchev–Trinajstić information content (AvgIpc) is 3.18. The van der Waals surface area contributed by atoms with Gasteiger partial charge in [0.15, 0.2) is 0 Å². The van der Waals surface area contributed by atoms with Crippen molar-refractivity contribution in [1.82, 2.24) is 0 Å². The monoisotopic (exact) mass is 259 g/mol. The molecule has 3 rings (SSSR count). The summed E-state index contributed by atoms with van der Waals surface area (Å²) in [5.74, 6) is 0.382. The second-order valence-corrected chi connectivity index (χ2v) is 5.30. The van der Waals surface area contributed by atoms with Crippen LogP contribution in [0.25, 0.3) is 0 Å². The fourth-order valence-electron chi connectivity index (χ4n) is 2.67. The smallest absolute Gasteiger partial charge is 0.270 e. The highest BCUT2D eigenvalue weighted by atomic mass is 16.6. The lowest BCUT2D eigenvalue weighted by atomic mass is 9.87. The molecule has 98 valence electrons. The van der Waals surface area contributed by atoms with E-state index in [0.717, 1.165) is 12.8 Å². The molecule has 1 aromatic carbocycles. The largest absolute Gasteiger partial charge is 0.386 e. The SMILES string of the molecule is N#Cc1cc([N+](=O)[O-])ccc1N1CC(O)(C2CC2)C1. The van der Waals surface area contributed by atoms with Crippen molar-refractivity contribution >= 4 is 11.4 Å². The summed E-state index contributed by atoms with van der Waals surface area (Å²) in [6.07, 6.45) is 2.13. The Bertz CT molecular complexity index is 583. The number of hydrogen-bond acceptors (Lipinski definition) is 5. The number of benzene rings is 1. The van der Waals surface area contributed by atoms with Crippen molar-refractivity contribution in [2.45, 2.75) is 18.4 Å². The van der Waals surface area contributed by atoms with Gasteiger partial charge in [-0.1, -0.05) is 0 Å². The molecule has 6 heteroatoms. The maximum Gasteiger partial charge on any atom is 0.270 e. The van der Waals surface area contributed by atoms with Crippen molar-refractivity contribution in [3.63, 3.8) is 0 Å². The highest BCUT2D eigenvalue weighted by Crippen LogP contribution is 2.46. The summed E-state index contributed by atoms with van der Waals surface area (Å²) < 4.78 is 0. The molecule has 0 radical (unpaired) electrons. The summed E-state index contributed by atoms with van der Waals surface area (Å²) in [6.45, 7) is 1.01. The van der Waals surface area contributed by atoms with Crippen LogP contribution in [0.3, 0.4) is 0 Å². The fraction of sp³-hybridized carbons (Fsp3) is 0.462. The Morgan fingerprint density at radius 1 is 1.47 bits per heavy atom. The van der Waals surface area contributed by atoms with E-state index < -0.39 is 10.5 Å². The number of anilines is 1. The molecule has 1 saturated carbocycles. The third kappa shape index (κ3) is 1.92. The molecule has 0 bridgehead atoms. The van der Waals surface area contributed by atoms with Gasteiger partial charge in [0.05, 0.1) is 16.2 Å². The number of non-ortho nitro benzene ring substituents is 1. The Balaban J connectivity index is 1.82. The van der Waals surface area contributed by atoms with E-state index in [9.17, 15) is 15.2 Å². The number of nitriles is 1. The van der Waals surface area contributed by atoms with Gasteiger partial charge in [-0.25, -0.2) is 0 Å². The molecule has 1 saturated heterocycles. The lowest BCUT2D eigenvalue weighted by Gasteiger charge is -2.48. The van der Waals surface area contributed by atoms with Gasteiger partial charge >= 0.3 is 0 Å². The first-order chi connectivity index (χ1) is 9.03. The van der Waals surface area contributed by atoms with E-state index in [-0.39, 0.29) is 11.3 Å². The van der Waals surface area contributed by atoms with Gasteiger partial charge in [-0.3, -0.25) is 10.1 Å². The minimum atomic E-state index is -0.630. The molecule has 2 aliphatic rings. The number of nitro groups is 1. The minimum absolute atomic E-state index is 0.0849. The van der Waals surface area contributed by atoms with Crippen molar-refractivity contribution in [2.24, 2.45) is 5.92 Å². The van der Waals surface area contributed by atoms with Crippen LogP contribution >= 0.6 is 0 Å². The van der Waals surface area contributed by atoms with Crippen LogP contribution in [0.2, 0.25) is 0 Å². The summed E-state index contributed by atoms with van der Waals surface area (Å²) in [6, 6.07) is 6.25. The number of β-amino-alcohol motifs (C(OH)–C–C–N with tert-alkyl or cyclic N) is 1. The maximum atomic E-state index is 10.7. The van der Waals surface area contributed by atoms with Gasteiger partial charge in [-0.2, -0.15) is 5.26 Å². The minimum Gasteiger partial charge on any atom is -0.386 e. The molecule has 19 heavy (non-hydrogen) atoms. The Morgan fingerprint density at radius 3 is 2.68 bits per heavy atom. The lowest BCUT2D eigenvalue weighted by Crippen LogP contribution is -2.63. The average molecular weight is 259 g/mol. The summed E-state index contributed by atoms with van der Waals surface area (Å²) in [7, 11) is 0. The van der Waals surface area contributed by atoms with Gasteiger partial charge in [0.1, 0.15) is 11.7 Å². The van der Waals surface area contributed by atoms with Gasteiger partial charge < -0.3 is 10.0 Å². The Hall–Kier alpha value is -2.13. The van der Waals surface area contributed by atoms with Crippen LogP contribution in [0, 0.1) is 27.4 Å². The van der Waals surface area contributed by atoms with E-state index in [1.807, 2.05) is 11.0 Å². The summed E-state index contributed by atoms with van der Waals surface area (Å²) >= 11 is 0. The zero-order valence-corrected chi connectivity index (χ0v) is 10.2. The second-order valence-electron chi connectivity index (χ2n) is 5.30. The Morgan fingerprint density at radius 2 is 2.16 bits per heavy atom. The van der Waals surface area contributed by atoms with E-state index in [1.165, 1.54) is 12.1 Å². The molecule has 1 N–H and O–H groups in total. The zero-order valence-electron chi connectivity index (χ0n) is 10.2. The number of nitro benzene ring substituents is 1. The predicted molar refractivity (Wildman–Crippen MR) is 67.7 cm³/mol. The molecular weight excluding hydrogens is 246 g/mol. The predicted octanol–water partition coefficient (Wildman–Crippen LogP) is 1.43. The highest BCUT2D eigenvalue weighted by molar-refractivity contribution is 5.64. The topological polar surface area (TPSA) is 90.4 Å². The zero-order chi connectivity index (χ0) is 13.6. The third-order valence-corrected chi connectivity index (χ3v) is 3.92. The van der Waals surface area contributed by atoms with Crippen LogP contribution in [-0.4, -0.2) is 28.7 Å². The third-order valence-electron chi connectivity index (χ3n) is 3.92. The van der Waals surface area contributed by atoms with Gasteiger partial charge in [0.25, 0.3) is 5.69 Å². The summed E-state index contributed by atoms with van der Waals surface area (Å²) in [5.41, 5.74) is 0.234. The maximum absolute atomic E-state index is 10.7.